The first-order chi connectivity index (χ1) is 19.1. The number of amides is 4. The number of halogens is 3. The lowest BCUT2D eigenvalue weighted by atomic mass is 9.34. The van der Waals surface area contributed by atoms with Crippen LogP contribution in [0.3, 0.4) is 0 Å². The number of hydrogen-bond donors (Lipinski definition) is 2. The molecule has 0 unspecified atom stereocenters. The molecule has 1 spiro atoms. The lowest BCUT2D eigenvalue weighted by molar-refractivity contribution is -0.351. The van der Waals surface area contributed by atoms with Gasteiger partial charge in [-0.2, -0.15) is 18.4 Å². The summed E-state index contributed by atoms with van der Waals surface area (Å²) in [7, 11) is 1.44. The summed E-state index contributed by atoms with van der Waals surface area (Å²) in [6, 6.07) is 6.39. The molecule has 4 fully saturated rings. The van der Waals surface area contributed by atoms with Crippen LogP contribution in [0.4, 0.5) is 18.9 Å². The Morgan fingerprint density at radius 3 is 2.41 bits per heavy atom. The zero-order valence-corrected chi connectivity index (χ0v) is 23.5. The monoisotopic (exact) mass is 573 g/mol. The molecule has 1 aromatic rings. The molecule has 12 heteroatoms. The van der Waals surface area contributed by atoms with Gasteiger partial charge in [0.05, 0.1) is 22.3 Å². The average molecular weight is 574 g/mol. The van der Waals surface area contributed by atoms with Crippen LogP contribution in [-0.2, 0) is 24.6 Å². The van der Waals surface area contributed by atoms with Crippen LogP contribution in [0, 0.1) is 28.1 Å². The van der Waals surface area contributed by atoms with Crippen molar-refractivity contribution in [2.45, 2.75) is 82.6 Å². The second-order valence-corrected chi connectivity index (χ2v) is 12.8. The molecule has 0 radical (unpaired) electrons. The number of likely N-dealkylation sites (N-methyl/N-ethyl adjacent to an activating group) is 1. The SMILES string of the molecule is CC(C)C[C@@H](C(=O)N1C[C@]2(C[C@H]1C#N)C(=O)Nc1ccccc12)N(C)C(=O)[C@H](C)NC(=O)C12CC(C(F)(F)F)(C1)C2. The molecule has 3 aliphatic carbocycles. The standard InChI is InChI=1S/C29H34F3N5O4/c1-16(2)9-21(36(4)22(38)17(3)34-24(40)26-12-27(13-26,14-26)29(30,31)32)23(39)37-15-28(10-18(37)11-33)19-7-5-6-8-20(19)35-25(28)41/h5-8,16-18,21H,9-10,12-15H2,1-4H3,(H,34,40)(H,35,41)/t17-,18-,21-,26?,27?,28-/m0/s1. The molecular formula is C29H34F3N5O4. The van der Waals surface area contributed by atoms with Gasteiger partial charge in [0.25, 0.3) is 0 Å². The number of anilines is 1. The predicted octanol–water partition coefficient (Wildman–Crippen LogP) is 3.11. The van der Waals surface area contributed by atoms with Crippen molar-refractivity contribution in [3.8, 4) is 6.07 Å². The number of likely N-dealkylation sites (tertiary alicyclic amines) is 1. The molecule has 2 aliphatic heterocycles. The van der Waals surface area contributed by atoms with Gasteiger partial charge in [-0.1, -0.05) is 32.0 Å². The molecule has 6 rings (SSSR count). The topological polar surface area (TPSA) is 123 Å². The fourth-order valence-corrected chi connectivity index (χ4v) is 7.25. The number of alkyl halides is 3. The molecule has 41 heavy (non-hydrogen) atoms. The normalized spacial score (nSPS) is 31.0. The van der Waals surface area contributed by atoms with Gasteiger partial charge < -0.3 is 20.4 Å². The summed E-state index contributed by atoms with van der Waals surface area (Å²) in [4.78, 5) is 56.0. The average Bonchev–Trinajstić information content (AvgIpc) is 3.36. The predicted molar refractivity (Wildman–Crippen MR) is 141 cm³/mol. The molecule has 2 bridgehead atoms. The Balaban J connectivity index is 1.30. The van der Waals surface area contributed by atoms with Crippen LogP contribution in [0.25, 0.3) is 0 Å². The molecule has 220 valence electrons. The second kappa shape index (κ2) is 9.46. The van der Waals surface area contributed by atoms with Gasteiger partial charge in [-0.05, 0) is 50.2 Å². The lowest BCUT2D eigenvalue weighted by Gasteiger charge is -2.69. The molecule has 9 nitrogen and oxygen atoms in total. The molecule has 2 heterocycles. The van der Waals surface area contributed by atoms with E-state index in [0.29, 0.717) is 5.69 Å². The molecule has 0 aromatic heterocycles. The van der Waals surface area contributed by atoms with Gasteiger partial charge in [-0.3, -0.25) is 19.2 Å². The summed E-state index contributed by atoms with van der Waals surface area (Å²) in [5.41, 5.74) is -2.59. The van der Waals surface area contributed by atoms with Crippen molar-refractivity contribution in [1.29, 1.82) is 5.26 Å². The maximum Gasteiger partial charge on any atom is 0.394 e. The van der Waals surface area contributed by atoms with Crippen molar-refractivity contribution < 1.29 is 32.3 Å². The molecule has 4 amide bonds. The quantitative estimate of drug-likeness (QED) is 0.519. The first kappa shape index (κ1) is 28.9. The van der Waals surface area contributed by atoms with Crippen molar-refractivity contribution in [3.63, 3.8) is 0 Å². The number of rotatable bonds is 7. The third-order valence-corrected chi connectivity index (χ3v) is 9.54. The van der Waals surface area contributed by atoms with Crippen LogP contribution in [0.2, 0.25) is 0 Å². The van der Waals surface area contributed by atoms with Crippen LogP contribution in [-0.4, -0.2) is 71.3 Å². The molecule has 4 atom stereocenters. The number of hydrogen-bond acceptors (Lipinski definition) is 5. The summed E-state index contributed by atoms with van der Waals surface area (Å²) >= 11 is 0. The van der Waals surface area contributed by atoms with E-state index in [1.54, 1.807) is 18.2 Å². The zero-order chi connectivity index (χ0) is 30.1. The van der Waals surface area contributed by atoms with E-state index in [4.69, 9.17) is 0 Å². The van der Waals surface area contributed by atoms with Crippen molar-refractivity contribution in [2.75, 3.05) is 18.9 Å². The van der Waals surface area contributed by atoms with Crippen molar-refractivity contribution in [3.05, 3.63) is 29.8 Å². The number of carbonyl (C=O) groups is 4. The number of nitrogens with zero attached hydrogens (tertiary/aromatic N) is 3. The van der Waals surface area contributed by atoms with Crippen molar-refractivity contribution in [1.82, 2.24) is 15.1 Å². The van der Waals surface area contributed by atoms with Crippen LogP contribution >= 0.6 is 0 Å². The van der Waals surface area contributed by atoms with E-state index in [9.17, 15) is 37.6 Å². The Hall–Kier alpha value is -3.62. The van der Waals surface area contributed by atoms with E-state index in [1.165, 1.54) is 23.8 Å². The molecular weight excluding hydrogens is 539 g/mol. The Labute approximate surface area is 236 Å². The Morgan fingerprint density at radius 1 is 1.20 bits per heavy atom. The van der Waals surface area contributed by atoms with Gasteiger partial charge in [0.15, 0.2) is 0 Å². The molecule has 1 aromatic carbocycles. The molecule has 5 aliphatic rings. The van der Waals surface area contributed by atoms with Gasteiger partial charge in [0, 0.05) is 25.7 Å². The molecule has 3 saturated carbocycles. The smallest absolute Gasteiger partial charge is 0.344 e. The van der Waals surface area contributed by atoms with E-state index in [-0.39, 0.29) is 50.5 Å². The third kappa shape index (κ3) is 4.27. The fraction of sp³-hybridized carbons (Fsp3) is 0.621. The lowest BCUT2D eigenvalue weighted by Crippen LogP contribution is -2.73. The maximum absolute atomic E-state index is 14.0. The first-order valence-electron chi connectivity index (χ1n) is 13.9. The van der Waals surface area contributed by atoms with E-state index in [0.717, 1.165) is 5.56 Å². The number of nitrogens with one attached hydrogen (secondary N) is 2. The van der Waals surface area contributed by atoms with Crippen LogP contribution in [0.15, 0.2) is 24.3 Å². The van der Waals surface area contributed by atoms with E-state index in [2.05, 4.69) is 16.7 Å². The minimum Gasteiger partial charge on any atom is -0.344 e. The Bertz CT molecular complexity index is 1330. The van der Waals surface area contributed by atoms with E-state index in [1.807, 2.05) is 19.9 Å². The summed E-state index contributed by atoms with van der Waals surface area (Å²) in [5, 5.41) is 15.4. The van der Waals surface area contributed by atoms with E-state index < -0.39 is 58.3 Å². The third-order valence-electron chi connectivity index (χ3n) is 9.54. The summed E-state index contributed by atoms with van der Waals surface area (Å²) < 4.78 is 39.7. The number of para-hydroxylation sites is 1. The van der Waals surface area contributed by atoms with Gasteiger partial charge in [0.1, 0.15) is 18.1 Å². The highest BCUT2D eigenvalue weighted by molar-refractivity contribution is 6.07. The number of nitriles is 1. The highest BCUT2D eigenvalue weighted by Gasteiger charge is 2.81. The van der Waals surface area contributed by atoms with Crippen LogP contribution in [0.5, 0.6) is 0 Å². The van der Waals surface area contributed by atoms with Crippen LogP contribution in [0.1, 0.15) is 58.4 Å². The van der Waals surface area contributed by atoms with Crippen molar-refractivity contribution >= 4 is 29.3 Å². The van der Waals surface area contributed by atoms with Gasteiger partial charge in [-0.15, -0.1) is 0 Å². The number of carbonyl (C=O) groups excluding carboxylic acids is 4. The van der Waals surface area contributed by atoms with Gasteiger partial charge in [0.2, 0.25) is 23.6 Å². The highest BCUT2D eigenvalue weighted by atomic mass is 19.4. The summed E-state index contributed by atoms with van der Waals surface area (Å²) in [5.74, 6) is -1.92. The zero-order valence-electron chi connectivity index (χ0n) is 23.5. The second-order valence-electron chi connectivity index (χ2n) is 12.8. The minimum absolute atomic E-state index is 0.0146. The van der Waals surface area contributed by atoms with Crippen molar-refractivity contribution in [2.24, 2.45) is 16.7 Å². The highest BCUT2D eigenvalue weighted by Crippen LogP contribution is 2.78. The first-order valence-corrected chi connectivity index (χ1v) is 13.9. The fourth-order valence-electron chi connectivity index (χ4n) is 7.25. The van der Waals surface area contributed by atoms with E-state index >= 15 is 0 Å². The molecule has 2 N–H and O–H groups in total. The Kier molecular flexibility index (Phi) is 6.67. The summed E-state index contributed by atoms with van der Waals surface area (Å²) in [6.45, 7) is 5.20. The van der Waals surface area contributed by atoms with Gasteiger partial charge in [-0.25, -0.2) is 0 Å². The van der Waals surface area contributed by atoms with Crippen LogP contribution < -0.4 is 10.6 Å². The summed E-state index contributed by atoms with van der Waals surface area (Å²) in [6.07, 6.45) is -4.78. The number of fused-ring (bicyclic) bond motifs is 2. The number of benzene rings is 1. The minimum atomic E-state index is -4.35. The molecule has 1 saturated heterocycles. The Morgan fingerprint density at radius 2 is 1.83 bits per heavy atom. The maximum atomic E-state index is 14.0. The van der Waals surface area contributed by atoms with Gasteiger partial charge >= 0.3 is 6.18 Å². The largest absolute Gasteiger partial charge is 0.394 e.